The molecule has 0 atom stereocenters. The SMILES string of the molecule is c1ccc(-c2cccc3c2sc2c(-c4ccc(N(c5ccc(-c6cccc7ccccc67)cc5)c5ccc6ccc7ccccc7c6c5)cc4)cccc23)cc1. The van der Waals surface area contributed by atoms with E-state index in [2.05, 4.69) is 217 Å². The molecule has 0 saturated carbocycles. The van der Waals surface area contributed by atoms with Crippen molar-refractivity contribution in [3.05, 3.63) is 212 Å². The first-order valence-electron chi connectivity index (χ1n) is 19.2. The second-order valence-corrected chi connectivity index (χ2v) is 15.5. The zero-order chi connectivity index (χ0) is 37.0. The molecule has 0 spiro atoms. The van der Waals surface area contributed by atoms with Crippen LogP contribution in [0.5, 0.6) is 0 Å². The van der Waals surface area contributed by atoms with Crippen molar-refractivity contribution in [1.82, 2.24) is 0 Å². The summed E-state index contributed by atoms with van der Waals surface area (Å²) >= 11 is 1.90. The summed E-state index contributed by atoms with van der Waals surface area (Å²) in [5, 5.41) is 10.1. The van der Waals surface area contributed by atoms with Gasteiger partial charge in [-0.25, -0.2) is 0 Å². The zero-order valence-electron chi connectivity index (χ0n) is 30.6. The average molecular weight is 730 g/mol. The van der Waals surface area contributed by atoms with E-state index in [0.29, 0.717) is 0 Å². The van der Waals surface area contributed by atoms with E-state index in [1.54, 1.807) is 0 Å². The van der Waals surface area contributed by atoms with Crippen LogP contribution in [0.2, 0.25) is 0 Å². The Morgan fingerprint density at radius 2 is 0.696 bits per heavy atom. The molecule has 10 aromatic carbocycles. The van der Waals surface area contributed by atoms with Crippen LogP contribution in [0.3, 0.4) is 0 Å². The van der Waals surface area contributed by atoms with Crippen molar-refractivity contribution in [1.29, 1.82) is 0 Å². The average Bonchev–Trinajstić information content (AvgIpc) is 3.66. The Labute approximate surface area is 330 Å². The van der Waals surface area contributed by atoms with Gasteiger partial charge in [0, 0.05) is 37.2 Å². The van der Waals surface area contributed by atoms with Gasteiger partial charge in [-0.2, -0.15) is 0 Å². The van der Waals surface area contributed by atoms with Gasteiger partial charge in [-0.1, -0.05) is 176 Å². The normalized spacial score (nSPS) is 11.6. The van der Waals surface area contributed by atoms with E-state index < -0.39 is 0 Å². The van der Waals surface area contributed by atoms with E-state index in [4.69, 9.17) is 0 Å². The first-order chi connectivity index (χ1) is 27.8. The molecule has 11 rings (SSSR count). The third-order valence-electron chi connectivity index (χ3n) is 11.3. The van der Waals surface area contributed by atoms with E-state index in [1.165, 1.54) is 85.9 Å². The molecule has 11 aromatic rings. The molecular weight excluding hydrogens is 695 g/mol. The lowest BCUT2D eigenvalue weighted by molar-refractivity contribution is 1.29. The van der Waals surface area contributed by atoms with Crippen molar-refractivity contribution >= 4 is 80.9 Å². The van der Waals surface area contributed by atoms with E-state index >= 15 is 0 Å². The Balaban J connectivity index is 1.04. The van der Waals surface area contributed by atoms with Gasteiger partial charge in [-0.15, -0.1) is 11.3 Å². The Bertz CT molecular complexity index is 3230. The number of hydrogen-bond donors (Lipinski definition) is 0. The van der Waals surface area contributed by atoms with E-state index in [-0.39, 0.29) is 0 Å². The lowest BCUT2D eigenvalue weighted by atomic mass is 9.97. The molecule has 0 radical (unpaired) electrons. The van der Waals surface area contributed by atoms with Gasteiger partial charge >= 0.3 is 0 Å². The summed E-state index contributed by atoms with van der Waals surface area (Å²) in [4.78, 5) is 2.39. The Morgan fingerprint density at radius 3 is 1.36 bits per heavy atom. The predicted molar refractivity (Wildman–Crippen MR) is 243 cm³/mol. The van der Waals surface area contributed by atoms with Gasteiger partial charge in [-0.3, -0.25) is 0 Å². The van der Waals surface area contributed by atoms with Crippen LogP contribution in [0, 0.1) is 0 Å². The fourth-order valence-corrected chi connectivity index (χ4v) is 9.90. The van der Waals surface area contributed by atoms with Gasteiger partial charge in [0.1, 0.15) is 0 Å². The molecule has 2 heteroatoms. The maximum atomic E-state index is 2.39. The predicted octanol–water partition coefficient (Wildman–Crippen LogP) is 16.0. The van der Waals surface area contributed by atoms with Crippen molar-refractivity contribution in [3.8, 4) is 33.4 Å². The number of thiophene rings is 1. The van der Waals surface area contributed by atoms with Crippen LogP contribution < -0.4 is 4.90 Å². The highest BCUT2D eigenvalue weighted by molar-refractivity contribution is 7.26. The molecule has 1 nitrogen and oxygen atoms in total. The van der Waals surface area contributed by atoms with Crippen molar-refractivity contribution in [2.24, 2.45) is 0 Å². The number of fused-ring (bicyclic) bond motifs is 7. The summed E-state index contributed by atoms with van der Waals surface area (Å²) in [5.74, 6) is 0. The number of nitrogens with zero attached hydrogens (tertiary/aromatic N) is 1. The monoisotopic (exact) mass is 729 g/mol. The highest BCUT2D eigenvalue weighted by atomic mass is 32.1. The van der Waals surface area contributed by atoms with Gasteiger partial charge in [0.15, 0.2) is 0 Å². The number of rotatable bonds is 6. The van der Waals surface area contributed by atoms with Gasteiger partial charge in [0.05, 0.1) is 0 Å². The van der Waals surface area contributed by atoms with E-state index in [1.807, 2.05) is 11.3 Å². The molecular formula is C54H35NS. The standard InChI is InChI=1S/C54H35NS/c1-2-11-37(12-3-1)48-19-9-21-50-51-22-10-20-49(54(51)56-53(48)50)40-27-32-43(33-28-40)55(44-34-29-41-24-23-38-14-5-7-17-47(38)52(41)35-44)42-30-25-39(26-31-42)46-18-8-15-36-13-4-6-16-45(36)46/h1-35H. The third-order valence-corrected chi connectivity index (χ3v) is 12.5. The summed E-state index contributed by atoms with van der Waals surface area (Å²) < 4.78 is 2.65. The van der Waals surface area contributed by atoms with Crippen LogP contribution in [0.15, 0.2) is 212 Å². The molecule has 0 aliphatic rings. The van der Waals surface area contributed by atoms with Gasteiger partial charge in [0.25, 0.3) is 0 Å². The smallest absolute Gasteiger partial charge is 0.0468 e. The maximum Gasteiger partial charge on any atom is 0.0468 e. The molecule has 0 saturated heterocycles. The molecule has 0 N–H and O–H groups in total. The second kappa shape index (κ2) is 13.4. The molecule has 0 unspecified atom stereocenters. The first kappa shape index (κ1) is 32.4. The minimum Gasteiger partial charge on any atom is -0.310 e. The highest BCUT2D eigenvalue weighted by Crippen LogP contribution is 2.45. The van der Waals surface area contributed by atoms with Crippen LogP contribution in [0.25, 0.3) is 85.9 Å². The topological polar surface area (TPSA) is 3.24 Å². The van der Waals surface area contributed by atoms with E-state index in [0.717, 1.165) is 17.1 Å². The number of anilines is 3. The quantitative estimate of drug-likeness (QED) is 0.154. The van der Waals surface area contributed by atoms with Crippen molar-refractivity contribution in [2.75, 3.05) is 4.90 Å². The van der Waals surface area contributed by atoms with Crippen LogP contribution >= 0.6 is 11.3 Å². The van der Waals surface area contributed by atoms with Crippen LogP contribution in [0.4, 0.5) is 17.1 Å². The minimum absolute atomic E-state index is 1.11. The number of benzene rings is 10. The molecule has 1 aromatic heterocycles. The molecule has 0 amide bonds. The summed E-state index contributed by atoms with van der Waals surface area (Å²) in [7, 11) is 0. The lowest BCUT2D eigenvalue weighted by Gasteiger charge is -2.26. The highest BCUT2D eigenvalue weighted by Gasteiger charge is 2.17. The van der Waals surface area contributed by atoms with E-state index in [9.17, 15) is 0 Å². The Hall–Kier alpha value is -7.00. The molecule has 56 heavy (non-hydrogen) atoms. The lowest BCUT2D eigenvalue weighted by Crippen LogP contribution is -2.09. The molecule has 0 aliphatic heterocycles. The van der Waals surface area contributed by atoms with Crippen LogP contribution in [-0.2, 0) is 0 Å². The third kappa shape index (κ3) is 5.46. The number of hydrogen-bond acceptors (Lipinski definition) is 2. The maximum absolute atomic E-state index is 2.39. The fraction of sp³-hybridized carbons (Fsp3) is 0. The minimum atomic E-state index is 1.11. The van der Waals surface area contributed by atoms with Crippen LogP contribution in [-0.4, -0.2) is 0 Å². The largest absolute Gasteiger partial charge is 0.310 e. The summed E-state index contributed by atoms with van der Waals surface area (Å²) in [6, 6.07) is 77.6. The molecule has 0 bridgehead atoms. The second-order valence-electron chi connectivity index (χ2n) is 14.5. The molecule has 0 fully saturated rings. The summed E-state index contributed by atoms with van der Waals surface area (Å²) in [6.45, 7) is 0. The molecule has 262 valence electrons. The Morgan fingerprint density at radius 1 is 0.268 bits per heavy atom. The zero-order valence-corrected chi connectivity index (χ0v) is 31.4. The fourth-order valence-electron chi connectivity index (χ4n) is 8.53. The first-order valence-corrected chi connectivity index (χ1v) is 20.0. The van der Waals surface area contributed by atoms with Gasteiger partial charge in [-0.05, 0) is 102 Å². The Kier molecular flexibility index (Phi) is 7.75. The molecule has 0 aliphatic carbocycles. The van der Waals surface area contributed by atoms with Crippen molar-refractivity contribution in [2.45, 2.75) is 0 Å². The van der Waals surface area contributed by atoms with Crippen molar-refractivity contribution < 1.29 is 0 Å². The summed E-state index contributed by atoms with van der Waals surface area (Å²) in [5.41, 5.74) is 10.8. The van der Waals surface area contributed by atoms with Gasteiger partial charge < -0.3 is 4.90 Å². The van der Waals surface area contributed by atoms with Crippen molar-refractivity contribution in [3.63, 3.8) is 0 Å². The molecule has 1 heterocycles. The summed E-state index contributed by atoms with van der Waals surface area (Å²) in [6.07, 6.45) is 0. The van der Waals surface area contributed by atoms with Crippen LogP contribution in [0.1, 0.15) is 0 Å². The van der Waals surface area contributed by atoms with Gasteiger partial charge in [0.2, 0.25) is 0 Å².